The second-order valence-electron chi connectivity index (χ2n) is 7.39. The molecule has 0 fully saturated rings. The number of para-hydroxylation sites is 1. The molecule has 2 N–H and O–H groups in total. The highest BCUT2D eigenvalue weighted by molar-refractivity contribution is 5.85. The number of benzene rings is 1. The van der Waals surface area contributed by atoms with Gasteiger partial charge in [-0.15, -0.1) is 12.4 Å². The van der Waals surface area contributed by atoms with Crippen molar-refractivity contribution in [2.24, 2.45) is 11.7 Å². The van der Waals surface area contributed by atoms with Gasteiger partial charge in [0.25, 0.3) is 0 Å². The second kappa shape index (κ2) is 11.2. The average molecular weight is 386 g/mol. The Morgan fingerprint density at radius 2 is 1.50 bits per heavy atom. The predicted octanol–water partition coefficient (Wildman–Crippen LogP) is 4.18. The first kappa shape index (κ1) is 24.4. The largest absolute Gasteiger partial charge is 0.452 e. The zero-order valence-electron chi connectivity index (χ0n) is 16.6. The van der Waals surface area contributed by atoms with Crippen LogP contribution in [-0.4, -0.2) is 24.6 Å². The van der Waals surface area contributed by atoms with Crippen LogP contribution in [-0.2, 0) is 14.3 Å². The summed E-state index contributed by atoms with van der Waals surface area (Å²) < 4.78 is 10.6. The van der Waals surface area contributed by atoms with Crippen molar-refractivity contribution in [3.63, 3.8) is 0 Å². The summed E-state index contributed by atoms with van der Waals surface area (Å²) in [6, 6.07) is 5.14. The van der Waals surface area contributed by atoms with Gasteiger partial charge in [-0.05, 0) is 35.3 Å². The fraction of sp³-hybridized carbons (Fsp3) is 0.600. The monoisotopic (exact) mass is 385 g/mol. The van der Waals surface area contributed by atoms with E-state index in [1.54, 1.807) is 0 Å². The van der Waals surface area contributed by atoms with Gasteiger partial charge in [0.15, 0.2) is 6.61 Å². The van der Waals surface area contributed by atoms with Crippen LogP contribution >= 0.6 is 12.4 Å². The molecule has 26 heavy (non-hydrogen) atoms. The van der Waals surface area contributed by atoms with Crippen molar-refractivity contribution in [1.82, 2.24) is 0 Å². The van der Waals surface area contributed by atoms with E-state index >= 15 is 0 Å². The van der Waals surface area contributed by atoms with E-state index < -0.39 is 24.6 Å². The first-order chi connectivity index (χ1) is 11.6. The molecule has 0 unspecified atom stereocenters. The number of carbonyl (C=O) groups excluding carboxylic acids is 2. The summed E-state index contributed by atoms with van der Waals surface area (Å²) in [4.78, 5) is 24.0. The minimum Gasteiger partial charge on any atom is -0.452 e. The third-order valence-electron chi connectivity index (χ3n) is 3.90. The normalized spacial score (nSPS) is 12.1. The van der Waals surface area contributed by atoms with Crippen molar-refractivity contribution < 1.29 is 19.1 Å². The fourth-order valence-corrected chi connectivity index (χ4v) is 2.59. The molecule has 0 bridgehead atoms. The van der Waals surface area contributed by atoms with Gasteiger partial charge in [0.2, 0.25) is 0 Å². The van der Waals surface area contributed by atoms with Crippen molar-refractivity contribution >= 4 is 24.3 Å². The Bertz CT molecular complexity index is 573. The van der Waals surface area contributed by atoms with Crippen molar-refractivity contribution in [3.05, 3.63) is 29.3 Å². The van der Waals surface area contributed by atoms with Crippen LogP contribution in [0.5, 0.6) is 5.75 Å². The molecule has 5 nitrogen and oxygen atoms in total. The number of hydrogen-bond acceptors (Lipinski definition) is 5. The first-order valence-electron chi connectivity index (χ1n) is 8.89. The van der Waals surface area contributed by atoms with Crippen LogP contribution in [0.2, 0.25) is 0 Å². The highest BCUT2D eigenvalue weighted by atomic mass is 35.5. The molecule has 0 heterocycles. The molecule has 0 aliphatic carbocycles. The molecule has 0 aliphatic rings. The highest BCUT2D eigenvalue weighted by Gasteiger charge is 2.21. The lowest BCUT2D eigenvalue weighted by Gasteiger charge is -2.19. The highest BCUT2D eigenvalue weighted by Crippen LogP contribution is 2.34. The van der Waals surface area contributed by atoms with Gasteiger partial charge >= 0.3 is 11.9 Å². The molecule has 1 aromatic rings. The van der Waals surface area contributed by atoms with E-state index in [4.69, 9.17) is 15.2 Å². The lowest BCUT2D eigenvalue weighted by molar-refractivity contribution is -0.155. The van der Waals surface area contributed by atoms with Crippen LogP contribution in [0.3, 0.4) is 0 Å². The average Bonchev–Trinajstić information content (AvgIpc) is 2.51. The summed E-state index contributed by atoms with van der Waals surface area (Å²) in [7, 11) is 0. The molecule has 0 saturated heterocycles. The van der Waals surface area contributed by atoms with Gasteiger partial charge in [0.05, 0.1) is 0 Å². The van der Waals surface area contributed by atoms with Crippen molar-refractivity contribution in [1.29, 1.82) is 0 Å². The number of ether oxygens (including phenoxy) is 2. The van der Waals surface area contributed by atoms with Crippen LogP contribution in [0.15, 0.2) is 18.2 Å². The van der Waals surface area contributed by atoms with E-state index in [1.165, 1.54) is 0 Å². The molecular weight excluding hydrogens is 354 g/mol. The molecule has 148 valence electrons. The zero-order chi connectivity index (χ0) is 19.1. The van der Waals surface area contributed by atoms with Crippen LogP contribution in [0.1, 0.15) is 70.9 Å². The second-order valence-corrected chi connectivity index (χ2v) is 7.39. The Labute approximate surface area is 163 Å². The van der Waals surface area contributed by atoms with Gasteiger partial charge in [-0.2, -0.15) is 0 Å². The molecule has 1 rings (SSSR count). The van der Waals surface area contributed by atoms with Gasteiger partial charge in [-0.1, -0.05) is 59.7 Å². The number of nitrogens with two attached hydrogens (primary N) is 1. The molecule has 0 spiro atoms. The Morgan fingerprint density at radius 1 is 1.00 bits per heavy atom. The van der Waals surface area contributed by atoms with E-state index in [0.29, 0.717) is 12.2 Å². The summed E-state index contributed by atoms with van der Waals surface area (Å²) in [6.07, 6.45) is 0.515. The maximum Gasteiger partial charge on any atom is 0.349 e. The summed E-state index contributed by atoms with van der Waals surface area (Å²) >= 11 is 0. The number of carbonyl (C=O) groups is 2. The maximum atomic E-state index is 12.2. The van der Waals surface area contributed by atoms with E-state index in [0.717, 1.165) is 11.1 Å². The predicted molar refractivity (Wildman–Crippen MR) is 106 cm³/mol. The topological polar surface area (TPSA) is 78.6 Å². The first-order valence-corrected chi connectivity index (χ1v) is 8.89. The van der Waals surface area contributed by atoms with Gasteiger partial charge in [-0.25, -0.2) is 4.79 Å². The molecule has 1 atom stereocenters. The number of halogens is 1. The summed E-state index contributed by atoms with van der Waals surface area (Å²) in [5.74, 6) is 0.0973. The van der Waals surface area contributed by atoms with Gasteiger partial charge in [0.1, 0.15) is 11.8 Å². The Kier molecular flexibility index (Phi) is 10.5. The van der Waals surface area contributed by atoms with Crippen LogP contribution in [0.25, 0.3) is 0 Å². The van der Waals surface area contributed by atoms with Crippen molar-refractivity contribution in [2.75, 3.05) is 6.61 Å². The zero-order valence-corrected chi connectivity index (χ0v) is 17.4. The molecule has 1 aromatic carbocycles. The Balaban J connectivity index is 0.00000625. The van der Waals surface area contributed by atoms with Gasteiger partial charge in [0, 0.05) is 0 Å². The SMILES string of the molecule is CC(C)C[C@@H](N)C(=O)OCC(=O)Oc1c(C(C)C)cccc1C(C)C.Cl. The quantitative estimate of drug-likeness (QED) is 0.536. The van der Waals surface area contributed by atoms with E-state index in [9.17, 15) is 9.59 Å². The van der Waals surface area contributed by atoms with E-state index in [2.05, 4.69) is 0 Å². The van der Waals surface area contributed by atoms with Crippen molar-refractivity contribution in [2.45, 2.75) is 65.8 Å². The summed E-state index contributed by atoms with van der Waals surface area (Å²) in [5.41, 5.74) is 7.68. The minimum atomic E-state index is -0.720. The number of rotatable bonds is 8. The lowest BCUT2D eigenvalue weighted by Crippen LogP contribution is -2.35. The van der Waals surface area contributed by atoms with E-state index in [1.807, 2.05) is 59.7 Å². The van der Waals surface area contributed by atoms with Gasteiger partial charge < -0.3 is 15.2 Å². The number of hydrogen-bond donors (Lipinski definition) is 1. The minimum absolute atomic E-state index is 0. The summed E-state index contributed by atoms with van der Waals surface area (Å²) in [5, 5.41) is 0. The molecule has 6 heteroatoms. The van der Waals surface area contributed by atoms with Crippen LogP contribution < -0.4 is 10.5 Å². The fourth-order valence-electron chi connectivity index (χ4n) is 2.59. The molecule has 0 aromatic heterocycles. The molecule has 0 amide bonds. The molecule has 0 aliphatic heterocycles. The maximum absolute atomic E-state index is 12.2. The van der Waals surface area contributed by atoms with Crippen molar-refractivity contribution in [3.8, 4) is 5.75 Å². The third kappa shape index (κ3) is 7.34. The third-order valence-corrected chi connectivity index (χ3v) is 3.90. The molecular formula is C20H32ClNO4. The van der Waals surface area contributed by atoms with Crippen LogP contribution in [0.4, 0.5) is 0 Å². The number of esters is 2. The van der Waals surface area contributed by atoms with E-state index in [-0.39, 0.29) is 30.2 Å². The Morgan fingerprint density at radius 3 is 1.92 bits per heavy atom. The van der Waals surface area contributed by atoms with Crippen LogP contribution in [0, 0.1) is 5.92 Å². The molecule has 0 saturated carbocycles. The Hall–Kier alpha value is -1.59. The lowest BCUT2D eigenvalue weighted by atomic mass is 9.94. The molecule has 0 radical (unpaired) electrons. The summed E-state index contributed by atoms with van der Waals surface area (Å²) in [6.45, 7) is 11.7. The van der Waals surface area contributed by atoms with Gasteiger partial charge in [-0.3, -0.25) is 4.79 Å². The standard InChI is InChI=1S/C20H31NO4.ClH/c1-12(2)10-17(21)20(23)24-11-18(22)25-19-15(13(3)4)8-7-9-16(19)14(5)6;/h7-9,12-14,17H,10-11,21H2,1-6H3;1H/t17-;/m1./s1. The smallest absolute Gasteiger partial charge is 0.349 e.